The van der Waals surface area contributed by atoms with Crippen molar-refractivity contribution in [1.82, 2.24) is 5.32 Å². The van der Waals surface area contributed by atoms with E-state index in [4.69, 9.17) is 44.3 Å². The van der Waals surface area contributed by atoms with E-state index in [0.29, 0.717) is 27.3 Å². The van der Waals surface area contributed by atoms with Crippen molar-refractivity contribution in [3.8, 4) is 11.3 Å². The number of hydrogen-bond donors (Lipinski definition) is 2. The van der Waals surface area contributed by atoms with Crippen molar-refractivity contribution < 1.29 is 13.6 Å². The van der Waals surface area contributed by atoms with Crippen molar-refractivity contribution in [2.24, 2.45) is 0 Å². The smallest absolute Gasteiger partial charge is 0.250 e. The van der Waals surface area contributed by atoms with E-state index in [1.807, 2.05) is 42.5 Å². The summed E-state index contributed by atoms with van der Waals surface area (Å²) in [6.45, 7) is 0. The van der Waals surface area contributed by atoms with Crippen LogP contribution in [0.25, 0.3) is 39.3 Å². The molecule has 0 fully saturated rings. The lowest BCUT2D eigenvalue weighted by atomic mass is 10.1. The van der Waals surface area contributed by atoms with Gasteiger partial charge in [0.15, 0.2) is 5.11 Å². The van der Waals surface area contributed by atoms with E-state index in [9.17, 15) is 4.79 Å². The molecule has 34 heavy (non-hydrogen) atoms. The molecule has 1 amide bonds. The number of carbonyl (C=O) groups excluding carboxylic acids is 1. The zero-order valence-electron chi connectivity index (χ0n) is 17.5. The molecule has 0 spiro atoms. The molecule has 5 aromatic rings. The molecule has 2 heterocycles. The van der Waals surface area contributed by atoms with Gasteiger partial charge in [0.1, 0.15) is 22.7 Å². The first kappa shape index (κ1) is 22.2. The van der Waals surface area contributed by atoms with Gasteiger partial charge in [0.05, 0.1) is 0 Å². The molecule has 2 N–H and O–H groups in total. The molecule has 0 saturated carbocycles. The van der Waals surface area contributed by atoms with Crippen LogP contribution in [0, 0.1) is 0 Å². The Labute approximate surface area is 209 Å². The second kappa shape index (κ2) is 9.35. The monoisotopic (exact) mass is 506 g/mol. The highest BCUT2D eigenvalue weighted by atomic mass is 35.5. The minimum absolute atomic E-state index is 0.166. The van der Waals surface area contributed by atoms with E-state index in [0.717, 1.165) is 27.5 Å². The van der Waals surface area contributed by atoms with Gasteiger partial charge in [0.25, 0.3) is 0 Å². The van der Waals surface area contributed by atoms with Crippen molar-refractivity contribution in [1.29, 1.82) is 0 Å². The van der Waals surface area contributed by atoms with Crippen LogP contribution in [-0.4, -0.2) is 11.0 Å². The molecule has 2 aromatic heterocycles. The van der Waals surface area contributed by atoms with Gasteiger partial charge < -0.3 is 14.2 Å². The average molecular weight is 507 g/mol. The molecule has 5 rings (SSSR count). The summed E-state index contributed by atoms with van der Waals surface area (Å²) in [5, 5.41) is 8.86. The van der Waals surface area contributed by atoms with Crippen molar-refractivity contribution in [2.45, 2.75) is 0 Å². The Hall–Kier alpha value is -3.58. The van der Waals surface area contributed by atoms with Crippen LogP contribution in [0.2, 0.25) is 10.0 Å². The second-order valence-corrected chi connectivity index (χ2v) is 8.73. The van der Waals surface area contributed by atoms with Crippen molar-refractivity contribution in [2.75, 3.05) is 5.32 Å². The number of benzene rings is 3. The number of anilines is 1. The van der Waals surface area contributed by atoms with Gasteiger partial charge in [-0.3, -0.25) is 10.1 Å². The van der Waals surface area contributed by atoms with Crippen molar-refractivity contribution in [3.63, 3.8) is 0 Å². The van der Waals surface area contributed by atoms with Gasteiger partial charge in [0.2, 0.25) is 5.91 Å². The molecule has 0 aliphatic rings. The first-order chi connectivity index (χ1) is 16.4. The summed E-state index contributed by atoms with van der Waals surface area (Å²) in [4.78, 5) is 12.3. The number of amides is 1. The van der Waals surface area contributed by atoms with Gasteiger partial charge in [-0.15, -0.1) is 0 Å². The normalized spacial score (nSPS) is 11.4. The average Bonchev–Trinajstić information content (AvgIpc) is 3.41. The summed E-state index contributed by atoms with van der Waals surface area (Å²) < 4.78 is 11.6. The predicted octanol–water partition coefficient (Wildman–Crippen LogP) is 7.68. The van der Waals surface area contributed by atoms with Crippen LogP contribution in [0.1, 0.15) is 5.76 Å². The molecule has 168 valence electrons. The third-order valence-electron chi connectivity index (χ3n) is 5.05. The Balaban J connectivity index is 1.22. The lowest BCUT2D eigenvalue weighted by Crippen LogP contribution is -2.32. The van der Waals surface area contributed by atoms with Crippen LogP contribution in [0.3, 0.4) is 0 Å². The molecule has 0 atom stereocenters. The predicted molar refractivity (Wildman–Crippen MR) is 141 cm³/mol. The second-order valence-electron chi connectivity index (χ2n) is 7.45. The van der Waals surface area contributed by atoms with Crippen LogP contribution in [0.4, 0.5) is 5.69 Å². The summed E-state index contributed by atoms with van der Waals surface area (Å²) in [6.07, 6.45) is 2.89. The van der Waals surface area contributed by atoms with Crippen molar-refractivity contribution >= 4 is 80.1 Å². The van der Waals surface area contributed by atoms with Crippen molar-refractivity contribution in [3.05, 3.63) is 94.7 Å². The first-order valence-corrected chi connectivity index (χ1v) is 11.4. The highest BCUT2D eigenvalue weighted by Gasteiger charge is 2.09. The number of halogens is 2. The molecular formula is C26H16Cl2N2O3S. The SMILES string of the molecule is O=C(/C=C/c1ccc(-c2cc(Cl)cc(Cl)c2)o1)NC(=S)Nc1ccc2c(c1)oc1ccccc12. The minimum atomic E-state index is -0.397. The van der Waals surface area contributed by atoms with Crippen LogP contribution < -0.4 is 10.6 Å². The maximum atomic E-state index is 12.3. The molecule has 0 unspecified atom stereocenters. The van der Waals surface area contributed by atoms with Gasteiger partial charge in [-0.05, 0) is 66.8 Å². The Morgan fingerprint density at radius 1 is 0.853 bits per heavy atom. The molecule has 5 nitrogen and oxygen atoms in total. The summed E-state index contributed by atoms with van der Waals surface area (Å²) in [5.41, 5.74) is 3.00. The quantitative estimate of drug-likeness (QED) is 0.193. The largest absolute Gasteiger partial charge is 0.457 e. The van der Waals surface area contributed by atoms with Gasteiger partial charge in [0, 0.05) is 44.2 Å². The zero-order valence-corrected chi connectivity index (χ0v) is 19.8. The molecular weight excluding hydrogens is 491 g/mol. The molecule has 0 saturated heterocycles. The fourth-order valence-corrected chi connectivity index (χ4v) is 4.32. The topological polar surface area (TPSA) is 67.4 Å². The minimum Gasteiger partial charge on any atom is -0.457 e. The summed E-state index contributed by atoms with van der Waals surface area (Å²) in [7, 11) is 0. The Kier molecular flexibility index (Phi) is 6.11. The molecule has 0 aliphatic carbocycles. The number of hydrogen-bond acceptors (Lipinski definition) is 4. The van der Waals surface area contributed by atoms with E-state index < -0.39 is 5.91 Å². The van der Waals surface area contributed by atoms with Crippen LogP contribution in [0.15, 0.2) is 87.7 Å². The molecule has 0 bridgehead atoms. The standard InChI is InChI=1S/C26H16Cl2N2O3S/c27-16-11-15(12-17(28)13-16)22-9-6-19(32-22)7-10-25(31)30-26(34)29-18-5-8-21-20-3-1-2-4-23(20)33-24(21)14-18/h1-14H,(H2,29,30,31,34)/b10-7+. The Bertz CT molecular complexity index is 1570. The van der Waals surface area contributed by atoms with Crippen LogP contribution >= 0.6 is 35.4 Å². The number of carbonyl (C=O) groups is 1. The van der Waals surface area contributed by atoms with Gasteiger partial charge in [-0.25, -0.2) is 0 Å². The van der Waals surface area contributed by atoms with Crippen LogP contribution in [-0.2, 0) is 4.79 Å². The van der Waals surface area contributed by atoms with E-state index in [2.05, 4.69) is 10.6 Å². The third-order valence-corrected chi connectivity index (χ3v) is 5.69. The van der Waals surface area contributed by atoms with E-state index in [-0.39, 0.29) is 5.11 Å². The maximum Gasteiger partial charge on any atom is 0.250 e. The fraction of sp³-hybridized carbons (Fsp3) is 0. The zero-order chi connectivity index (χ0) is 23.7. The van der Waals surface area contributed by atoms with Gasteiger partial charge >= 0.3 is 0 Å². The number of nitrogens with one attached hydrogen (secondary N) is 2. The van der Waals surface area contributed by atoms with E-state index in [1.54, 1.807) is 36.4 Å². The highest BCUT2D eigenvalue weighted by Crippen LogP contribution is 2.31. The van der Waals surface area contributed by atoms with E-state index >= 15 is 0 Å². The molecule has 0 radical (unpaired) electrons. The number of thiocarbonyl (C=S) groups is 1. The number of furan rings is 2. The van der Waals surface area contributed by atoms with Crippen LogP contribution in [0.5, 0.6) is 0 Å². The Morgan fingerprint density at radius 3 is 2.44 bits per heavy atom. The van der Waals surface area contributed by atoms with Gasteiger partial charge in [-0.1, -0.05) is 41.4 Å². The Morgan fingerprint density at radius 2 is 1.62 bits per heavy atom. The molecule has 3 aromatic carbocycles. The summed E-state index contributed by atoms with van der Waals surface area (Å²) in [6, 6.07) is 22.2. The lowest BCUT2D eigenvalue weighted by molar-refractivity contribution is -0.115. The third kappa shape index (κ3) is 4.84. The maximum absolute atomic E-state index is 12.3. The van der Waals surface area contributed by atoms with E-state index in [1.165, 1.54) is 6.08 Å². The fourth-order valence-electron chi connectivity index (χ4n) is 3.57. The summed E-state index contributed by atoms with van der Waals surface area (Å²) in [5.74, 6) is 0.684. The highest BCUT2D eigenvalue weighted by molar-refractivity contribution is 7.80. The molecule has 0 aliphatic heterocycles. The lowest BCUT2D eigenvalue weighted by Gasteiger charge is -2.07. The summed E-state index contributed by atoms with van der Waals surface area (Å²) >= 11 is 17.4. The number of fused-ring (bicyclic) bond motifs is 3. The molecule has 8 heteroatoms. The number of rotatable bonds is 4. The first-order valence-electron chi connectivity index (χ1n) is 10.2. The number of para-hydroxylation sites is 1. The van der Waals surface area contributed by atoms with Gasteiger partial charge in [-0.2, -0.15) is 0 Å².